The highest BCUT2D eigenvalue weighted by Crippen LogP contribution is 1.94. The standard InChI is InChI=1S/C9H18NO2.C4H6O2.ClH/c1-8(2)9(11)12-7-6-10(3,4)5;1-3(2)4(5)6;/h1,6-7H2,2-5H3;1H2,2H3,(H,5,6);1H/q+1;;. The van der Waals surface area contributed by atoms with Crippen LogP contribution in [-0.2, 0) is 14.3 Å². The molecular formula is C13H25ClNO4+. The van der Waals surface area contributed by atoms with Gasteiger partial charge in [0.15, 0.2) is 0 Å². The van der Waals surface area contributed by atoms with E-state index in [1.54, 1.807) is 6.92 Å². The predicted molar refractivity (Wildman–Crippen MR) is 78.4 cm³/mol. The first-order chi connectivity index (χ1) is 7.97. The molecule has 6 heteroatoms. The van der Waals surface area contributed by atoms with Gasteiger partial charge in [-0.15, -0.1) is 12.4 Å². The topological polar surface area (TPSA) is 63.6 Å². The Morgan fingerprint density at radius 3 is 1.68 bits per heavy atom. The second-order valence-electron chi connectivity index (χ2n) is 5.02. The summed E-state index contributed by atoms with van der Waals surface area (Å²) in [7, 11) is 6.15. The van der Waals surface area contributed by atoms with Gasteiger partial charge in [-0.3, -0.25) is 0 Å². The van der Waals surface area contributed by atoms with Gasteiger partial charge in [0.05, 0.1) is 21.1 Å². The largest absolute Gasteiger partial charge is 0.478 e. The molecule has 0 saturated carbocycles. The highest BCUT2D eigenvalue weighted by atomic mass is 35.5. The van der Waals surface area contributed by atoms with Crippen molar-refractivity contribution in [3.8, 4) is 0 Å². The van der Waals surface area contributed by atoms with Gasteiger partial charge < -0.3 is 14.3 Å². The number of carboxylic acid groups (broad SMARTS) is 1. The molecule has 0 aromatic heterocycles. The Morgan fingerprint density at radius 1 is 1.11 bits per heavy atom. The van der Waals surface area contributed by atoms with E-state index in [4.69, 9.17) is 9.84 Å². The van der Waals surface area contributed by atoms with Crippen LogP contribution in [0.3, 0.4) is 0 Å². The van der Waals surface area contributed by atoms with Gasteiger partial charge in [0, 0.05) is 11.1 Å². The summed E-state index contributed by atoms with van der Waals surface area (Å²) in [5, 5.41) is 7.89. The van der Waals surface area contributed by atoms with Gasteiger partial charge in [-0.05, 0) is 13.8 Å². The molecule has 0 aromatic carbocycles. The van der Waals surface area contributed by atoms with Gasteiger partial charge in [-0.2, -0.15) is 0 Å². The van der Waals surface area contributed by atoms with E-state index < -0.39 is 5.97 Å². The number of rotatable bonds is 5. The predicted octanol–water partition coefficient (Wildman–Crippen LogP) is 1.88. The molecule has 0 aliphatic heterocycles. The molecule has 1 N–H and O–H groups in total. The van der Waals surface area contributed by atoms with E-state index in [0.29, 0.717) is 12.2 Å². The van der Waals surface area contributed by atoms with Crippen molar-refractivity contribution < 1.29 is 23.9 Å². The van der Waals surface area contributed by atoms with Crippen molar-refractivity contribution in [2.75, 3.05) is 34.3 Å². The third-order valence-electron chi connectivity index (χ3n) is 1.71. The summed E-state index contributed by atoms with van der Waals surface area (Å²) in [4.78, 5) is 20.5. The zero-order chi connectivity index (χ0) is 14.9. The van der Waals surface area contributed by atoms with Crippen molar-refractivity contribution in [3.63, 3.8) is 0 Å². The molecule has 0 rings (SSSR count). The molecule has 0 aromatic rings. The number of carboxylic acids is 1. The number of esters is 1. The molecule has 0 unspecified atom stereocenters. The number of quaternary nitrogens is 1. The molecule has 0 bridgehead atoms. The monoisotopic (exact) mass is 294 g/mol. The van der Waals surface area contributed by atoms with Crippen LogP contribution in [-0.4, -0.2) is 55.8 Å². The van der Waals surface area contributed by atoms with E-state index >= 15 is 0 Å². The summed E-state index contributed by atoms with van der Waals surface area (Å²) in [5.41, 5.74) is 0.631. The molecule has 0 saturated heterocycles. The van der Waals surface area contributed by atoms with Crippen LogP contribution in [0.4, 0.5) is 0 Å². The maximum Gasteiger partial charge on any atom is 0.333 e. The van der Waals surface area contributed by atoms with Gasteiger partial charge in [0.25, 0.3) is 0 Å². The minimum absolute atomic E-state index is 0. The van der Waals surface area contributed by atoms with E-state index in [1.807, 2.05) is 0 Å². The lowest BCUT2D eigenvalue weighted by Crippen LogP contribution is -2.38. The van der Waals surface area contributed by atoms with Crippen molar-refractivity contribution in [3.05, 3.63) is 24.3 Å². The fourth-order valence-corrected chi connectivity index (χ4v) is 0.535. The third-order valence-corrected chi connectivity index (χ3v) is 1.71. The number of ether oxygens (including phenoxy) is 1. The molecule has 0 amide bonds. The van der Waals surface area contributed by atoms with Crippen LogP contribution < -0.4 is 0 Å². The highest BCUT2D eigenvalue weighted by molar-refractivity contribution is 5.86. The van der Waals surface area contributed by atoms with Gasteiger partial charge in [-0.1, -0.05) is 13.2 Å². The zero-order valence-electron chi connectivity index (χ0n) is 12.4. The normalized spacial score (nSPS) is 9.32. The molecule has 0 atom stereocenters. The van der Waals surface area contributed by atoms with E-state index in [1.165, 1.54) is 6.92 Å². The first-order valence-corrected chi connectivity index (χ1v) is 5.49. The van der Waals surface area contributed by atoms with Crippen molar-refractivity contribution in [1.82, 2.24) is 0 Å². The van der Waals surface area contributed by atoms with Crippen LogP contribution in [0.25, 0.3) is 0 Å². The van der Waals surface area contributed by atoms with Crippen LogP contribution in [0.15, 0.2) is 24.3 Å². The Bertz CT molecular complexity index is 320. The van der Waals surface area contributed by atoms with Gasteiger partial charge in [0.2, 0.25) is 0 Å². The van der Waals surface area contributed by atoms with E-state index in [2.05, 4.69) is 34.3 Å². The van der Waals surface area contributed by atoms with Crippen molar-refractivity contribution in [1.29, 1.82) is 0 Å². The first-order valence-electron chi connectivity index (χ1n) is 5.49. The minimum atomic E-state index is -0.935. The van der Waals surface area contributed by atoms with Crippen LogP contribution in [0.5, 0.6) is 0 Å². The Morgan fingerprint density at radius 2 is 1.47 bits per heavy atom. The molecule has 0 radical (unpaired) electrons. The van der Waals surface area contributed by atoms with Gasteiger partial charge in [-0.25, -0.2) is 9.59 Å². The molecule has 19 heavy (non-hydrogen) atoms. The second kappa shape index (κ2) is 10.6. The number of nitrogens with zero attached hydrogens (tertiary/aromatic N) is 1. The number of aliphatic carboxylic acids is 1. The zero-order valence-corrected chi connectivity index (χ0v) is 13.2. The number of hydrogen-bond acceptors (Lipinski definition) is 3. The summed E-state index contributed by atoms with van der Waals surface area (Å²) in [5.74, 6) is -1.24. The average Bonchev–Trinajstić information content (AvgIpc) is 2.16. The molecule has 0 heterocycles. The molecule has 0 spiro atoms. The quantitative estimate of drug-likeness (QED) is 0.478. The first kappa shape index (κ1) is 22.8. The Hall–Kier alpha value is -1.33. The number of likely N-dealkylation sites (N-methyl/N-ethyl adjacent to an activating group) is 1. The molecule has 5 nitrogen and oxygen atoms in total. The van der Waals surface area contributed by atoms with Gasteiger partial charge >= 0.3 is 11.9 Å². The number of carbonyl (C=O) groups is 2. The molecular weight excluding hydrogens is 270 g/mol. The number of hydrogen-bond donors (Lipinski definition) is 1. The van der Waals surface area contributed by atoms with E-state index in [0.717, 1.165) is 11.0 Å². The SMILES string of the molecule is C=C(C)C(=O)O.C=C(C)C(=O)OCC[N+](C)(C)C.Cl. The Balaban J connectivity index is -0.000000313. The van der Waals surface area contributed by atoms with Crippen molar-refractivity contribution in [2.45, 2.75) is 13.8 Å². The minimum Gasteiger partial charge on any atom is -0.478 e. The summed E-state index contributed by atoms with van der Waals surface area (Å²) in [6, 6.07) is 0. The van der Waals surface area contributed by atoms with E-state index in [-0.39, 0.29) is 23.9 Å². The second-order valence-corrected chi connectivity index (χ2v) is 5.02. The molecule has 0 aliphatic carbocycles. The van der Waals surface area contributed by atoms with Gasteiger partial charge in [0.1, 0.15) is 13.2 Å². The lowest BCUT2D eigenvalue weighted by molar-refractivity contribution is -0.870. The van der Waals surface area contributed by atoms with Crippen LogP contribution in [0.2, 0.25) is 0 Å². The fraction of sp³-hybridized carbons (Fsp3) is 0.538. The smallest absolute Gasteiger partial charge is 0.333 e. The number of halogens is 1. The highest BCUT2D eigenvalue weighted by Gasteiger charge is 2.09. The molecule has 112 valence electrons. The van der Waals surface area contributed by atoms with Crippen LogP contribution in [0.1, 0.15) is 13.8 Å². The summed E-state index contributed by atoms with van der Waals surface area (Å²) in [6.45, 7) is 11.0. The summed E-state index contributed by atoms with van der Waals surface area (Å²) >= 11 is 0. The lowest BCUT2D eigenvalue weighted by Gasteiger charge is -2.23. The maximum atomic E-state index is 10.9. The lowest BCUT2D eigenvalue weighted by atomic mass is 10.4. The Kier molecular flexibility index (Phi) is 12.7. The van der Waals surface area contributed by atoms with Crippen molar-refractivity contribution >= 4 is 24.3 Å². The van der Waals surface area contributed by atoms with Crippen LogP contribution >= 0.6 is 12.4 Å². The van der Waals surface area contributed by atoms with Crippen LogP contribution in [0, 0.1) is 0 Å². The Labute approximate surface area is 121 Å². The van der Waals surface area contributed by atoms with E-state index in [9.17, 15) is 9.59 Å². The molecule has 0 fully saturated rings. The summed E-state index contributed by atoms with van der Waals surface area (Å²) < 4.78 is 5.72. The maximum absolute atomic E-state index is 10.9. The fourth-order valence-electron chi connectivity index (χ4n) is 0.535. The van der Waals surface area contributed by atoms with Crippen molar-refractivity contribution in [2.24, 2.45) is 0 Å². The third kappa shape index (κ3) is 19.2. The number of carbonyl (C=O) groups excluding carboxylic acids is 1. The molecule has 0 aliphatic rings. The average molecular weight is 295 g/mol. The summed E-state index contributed by atoms with van der Waals surface area (Å²) in [6.07, 6.45) is 0.